The molecule has 0 saturated carbocycles. The van der Waals surface area contributed by atoms with E-state index in [1.165, 1.54) is 18.5 Å². The third-order valence-corrected chi connectivity index (χ3v) is 5.39. The highest BCUT2D eigenvalue weighted by atomic mass is 19.1. The zero-order chi connectivity index (χ0) is 22.9. The quantitative estimate of drug-likeness (QED) is 0.540. The largest absolute Gasteiger partial charge is 0.492 e. The van der Waals surface area contributed by atoms with Gasteiger partial charge in [0, 0.05) is 55.8 Å². The fourth-order valence-electron chi connectivity index (χ4n) is 3.52. The number of carbonyl (C=O) groups is 1. The number of amides is 1. The summed E-state index contributed by atoms with van der Waals surface area (Å²) in [6.07, 6.45) is 3.12. The van der Waals surface area contributed by atoms with Gasteiger partial charge in [-0.3, -0.25) is 9.69 Å². The smallest absolute Gasteiger partial charge is 0.227 e. The molecule has 7 nitrogen and oxygen atoms in total. The van der Waals surface area contributed by atoms with Crippen molar-refractivity contribution in [2.75, 3.05) is 39.5 Å². The summed E-state index contributed by atoms with van der Waals surface area (Å²) in [5, 5.41) is 2.84. The molecule has 0 bridgehead atoms. The Balaban J connectivity index is 1.28. The van der Waals surface area contributed by atoms with Gasteiger partial charge in [-0.05, 0) is 17.7 Å². The van der Waals surface area contributed by atoms with Crippen molar-refractivity contribution < 1.29 is 18.7 Å². The number of rotatable bonds is 9. The van der Waals surface area contributed by atoms with E-state index in [0.717, 1.165) is 38.4 Å². The molecule has 0 aliphatic carbocycles. The molecule has 0 spiro atoms. The molecular weight excluding hydrogens is 423 g/mol. The summed E-state index contributed by atoms with van der Waals surface area (Å²) in [6, 6.07) is 14.4. The topological polar surface area (TPSA) is 76.6 Å². The van der Waals surface area contributed by atoms with Gasteiger partial charge in [-0.1, -0.05) is 30.3 Å². The zero-order valence-corrected chi connectivity index (χ0v) is 18.4. The summed E-state index contributed by atoms with van der Waals surface area (Å²) in [6.45, 7) is 4.97. The maximum absolute atomic E-state index is 14.7. The van der Waals surface area contributed by atoms with Gasteiger partial charge in [-0.15, -0.1) is 0 Å². The Morgan fingerprint density at radius 1 is 1.09 bits per heavy atom. The van der Waals surface area contributed by atoms with Crippen molar-refractivity contribution in [1.29, 1.82) is 0 Å². The molecule has 1 aliphatic rings. The first-order chi connectivity index (χ1) is 16.2. The molecule has 1 saturated heterocycles. The Morgan fingerprint density at radius 2 is 1.85 bits per heavy atom. The number of halogens is 1. The number of morpholine rings is 1. The average Bonchev–Trinajstić information content (AvgIpc) is 2.85. The maximum Gasteiger partial charge on any atom is 0.227 e. The van der Waals surface area contributed by atoms with E-state index in [1.54, 1.807) is 12.1 Å². The van der Waals surface area contributed by atoms with E-state index in [-0.39, 0.29) is 12.3 Å². The fraction of sp³-hybridized carbons (Fsp3) is 0.320. The van der Waals surface area contributed by atoms with Crippen LogP contribution in [0.4, 0.5) is 4.39 Å². The molecule has 1 amide bonds. The lowest BCUT2D eigenvalue weighted by Crippen LogP contribution is -2.38. The van der Waals surface area contributed by atoms with Crippen LogP contribution in [0.2, 0.25) is 0 Å². The third-order valence-electron chi connectivity index (χ3n) is 5.39. The van der Waals surface area contributed by atoms with Crippen LogP contribution in [0.25, 0.3) is 11.1 Å². The summed E-state index contributed by atoms with van der Waals surface area (Å²) in [7, 11) is 0. The molecule has 1 aromatic heterocycles. The molecule has 1 N–H and O–H groups in total. The summed E-state index contributed by atoms with van der Waals surface area (Å²) in [5.41, 5.74) is 1.95. The molecule has 8 heteroatoms. The van der Waals surface area contributed by atoms with E-state index in [1.807, 2.05) is 30.3 Å². The normalized spacial score (nSPS) is 14.1. The van der Waals surface area contributed by atoms with Crippen LogP contribution in [0.1, 0.15) is 11.4 Å². The molecule has 2 aromatic carbocycles. The van der Waals surface area contributed by atoms with E-state index in [4.69, 9.17) is 9.47 Å². The monoisotopic (exact) mass is 450 g/mol. The Bertz CT molecular complexity index is 1040. The molecule has 4 rings (SSSR count). The van der Waals surface area contributed by atoms with Crippen LogP contribution >= 0.6 is 0 Å². The SMILES string of the molecule is O=C(Cc1ncc(-c2ccc(OCCN3CCOCC3)cc2F)cn1)NCc1ccccc1. The van der Waals surface area contributed by atoms with Crippen LogP contribution in [0.3, 0.4) is 0 Å². The maximum atomic E-state index is 14.7. The predicted octanol–water partition coefficient (Wildman–Crippen LogP) is 2.85. The number of aromatic nitrogens is 2. The first-order valence-corrected chi connectivity index (χ1v) is 11.0. The minimum Gasteiger partial charge on any atom is -0.492 e. The molecule has 0 unspecified atom stereocenters. The van der Waals surface area contributed by atoms with Crippen LogP contribution in [-0.4, -0.2) is 60.2 Å². The Kier molecular flexibility index (Phi) is 7.94. The number of ether oxygens (including phenoxy) is 2. The Hall–Kier alpha value is -3.36. The highest BCUT2D eigenvalue weighted by molar-refractivity contribution is 5.77. The van der Waals surface area contributed by atoms with Gasteiger partial charge in [0.25, 0.3) is 0 Å². The number of nitrogens with one attached hydrogen (secondary N) is 1. The minimum absolute atomic E-state index is 0.0610. The third kappa shape index (κ3) is 6.81. The summed E-state index contributed by atoms with van der Waals surface area (Å²) in [5.74, 6) is 0.289. The van der Waals surface area contributed by atoms with Gasteiger partial charge < -0.3 is 14.8 Å². The first kappa shape index (κ1) is 22.8. The van der Waals surface area contributed by atoms with Crippen molar-refractivity contribution >= 4 is 5.91 Å². The lowest BCUT2D eigenvalue weighted by molar-refractivity contribution is -0.120. The number of hydrogen-bond donors (Lipinski definition) is 1. The van der Waals surface area contributed by atoms with Crippen LogP contribution in [0.5, 0.6) is 5.75 Å². The Morgan fingerprint density at radius 3 is 2.58 bits per heavy atom. The van der Waals surface area contributed by atoms with Crippen molar-refractivity contribution in [1.82, 2.24) is 20.2 Å². The van der Waals surface area contributed by atoms with E-state index in [9.17, 15) is 9.18 Å². The van der Waals surface area contributed by atoms with Gasteiger partial charge in [-0.2, -0.15) is 0 Å². The van der Waals surface area contributed by atoms with Gasteiger partial charge in [0.05, 0.1) is 19.6 Å². The molecule has 0 atom stereocenters. The number of benzene rings is 2. The van der Waals surface area contributed by atoms with E-state index >= 15 is 0 Å². The van der Waals surface area contributed by atoms with E-state index in [2.05, 4.69) is 20.2 Å². The predicted molar refractivity (Wildman–Crippen MR) is 122 cm³/mol. The van der Waals surface area contributed by atoms with Crippen LogP contribution in [-0.2, 0) is 22.5 Å². The minimum atomic E-state index is -0.407. The average molecular weight is 451 g/mol. The first-order valence-electron chi connectivity index (χ1n) is 11.0. The molecule has 33 heavy (non-hydrogen) atoms. The van der Waals surface area contributed by atoms with Gasteiger partial charge in [-0.25, -0.2) is 14.4 Å². The molecule has 1 aliphatic heterocycles. The van der Waals surface area contributed by atoms with Gasteiger partial charge in [0.2, 0.25) is 5.91 Å². The molecule has 1 fully saturated rings. The summed E-state index contributed by atoms with van der Waals surface area (Å²) >= 11 is 0. The van der Waals surface area contributed by atoms with Crippen molar-refractivity contribution in [3.05, 3.63) is 78.1 Å². The second-order valence-electron chi connectivity index (χ2n) is 7.77. The molecule has 172 valence electrons. The van der Waals surface area contributed by atoms with Crippen molar-refractivity contribution in [3.8, 4) is 16.9 Å². The lowest BCUT2D eigenvalue weighted by atomic mass is 10.1. The highest BCUT2D eigenvalue weighted by Gasteiger charge is 2.12. The molecule has 2 heterocycles. The second-order valence-corrected chi connectivity index (χ2v) is 7.77. The lowest BCUT2D eigenvalue weighted by Gasteiger charge is -2.26. The summed E-state index contributed by atoms with van der Waals surface area (Å²) < 4.78 is 25.7. The standard InChI is InChI=1S/C25H27FN4O3/c26-23-14-21(33-13-10-30-8-11-32-12-9-30)6-7-22(23)20-17-27-24(28-18-20)15-25(31)29-16-19-4-2-1-3-5-19/h1-7,14,17-18H,8-13,15-16H2,(H,29,31). The van der Waals surface area contributed by atoms with Gasteiger partial charge in [0.15, 0.2) is 0 Å². The van der Waals surface area contributed by atoms with Crippen molar-refractivity contribution in [3.63, 3.8) is 0 Å². The van der Waals surface area contributed by atoms with Gasteiger partial charge in [0.1, 0.15) is 24.0 Å². The van der Waals surface area contributed by atoms with Crippen molar-refractivity contribution in [2.24, 2.45) is 0 Å². The molecule has 0 radical (unpaired) electrons. The molecular formula is C25H27FN4O3. The number of hydrogen-bond acceptors (Lipinski definition) is 6. The van der Waals surface area contributed by atoms with Crippen LogP contribution in [0.15, 0.2) is 60.9 Å². The van der Waals surface area contributed by atoms with Crippen molar-refractivity contribution in [2.45, 2.75) is 13.0 Å². The van der Waals surface area contributed by atoms with E-state index < -0.39 is 5.82 Å². The zero-order valence-electron chi connectivity index (χ0n) is 18.4. The second kappa shape index (κ2) is 11.5. The number of carbonyl (C=O) groups excluding carboxylic acids is 1. The fourth-order valence-corrected chi connectivity index (χ4v) is 3.52. The summed E-state index contributed by atoms with van der Waals surface area (Å²) in [4.78, 5) is 22.9. The highest BCUT2D eigenvalue weighted by Crippen LogP contribution is 2.25. The Labute approximate surface area is 192 Å². The van der Waals surface area contributed by atoms with E-state index in [0.29, 0.717) is 35.9 Å². The van der Waals surface area contributed by atoms with Gasteiger partial charge >= 0.3 is 0 Å². The van der Waals surface area contributed by atoms with Crippen LogP contribution < -0.4 is 10.1 Å². The molecule has 3 aromatic rings. The van der Waals surface area contributed by atoms with Crippen LogP contribution in [0, 0.1) is 5.82 Å². The number of nitrogens with zero attached hydrogens (tertiary/aromatic N) is 3.